The SMILES string of the molecule is O=C(c1c(O)ccc(F)c1F)C(F)(F)F. The third kappa shape index (κ3) is 2.05. The molecule has 0 aliphatic rings. The summed E-state index contributed by atoms with van der Waals surface area (Å²) in [5.74, 6) is -7.54. The highest BCUT2D eigenvalue weighted by molar-refractivity contribution is 6.02. The van der Waals surface area contributed by atoms with Gasteiger partial charge in [0.05, 0.1) is 0 Å². The number of hydrogen-bond acceptors (Lipinski definition) is 2. The van der Waals surface area contributed by atoms with Crippen LogP contribution in [0.2, 0.25) is 0 Å². The Kier molecular flexibility index (Phi) is 2.65. The predicted molar refractivity (Wildman–Crippen MR) is 38.4 cm³/mol. The van der Waals surface area contributed by atoms with E-state index in [-0.39, 0.29) is 0 Å². The first-order chi connectivity index (χ1) is 6.75. The molecule has 15 heavy (non-hydrogen) atoms. The van der Waals surface area contributed by atoms with Crippen molar-refractivity contribution in [2.24, 2.45) is 0 Å². The van der Waals surface area contributed by atoms with Gasteiger partial charge in [-0.2, -0.15) is 13.2 Å². The van der Waals surface area contributed by atoms with Gasteiger partial charge in [-0.25, -0.2) is 8.78 Å². The van der Waals surface area contributed by atoms with E-state index in [9.17, 15) is 26.7 Å². The van der Waals surface area contributed by atoms with Crippen LogP contribution < -0.4 is 0 Å². The summed E-state index contributed by atoms with van der Waals surface area (Å²) in [6.45, 7) is 0. The third-order valence-electron chi connectivity index (χ3n) is 1.56. The van der Waals surface area contributed by atoms with Gasteiger partial charge in [0.25, 0.3) is 5.78 Å². The monoisotopic (exact) mass is 226 g/mol. The molecule has 0 amide bonds. The van der Waals surface area contributed by atoms with Crippen LogP contribution in [-0.4, -0.2) is 17.1 Å². The quantitative estimate of drug-likeness (QED) is 0.589. The summed E-state index contributed by atoms with van der Waals surface area (Å²) in [7, 11) is 0. The molecule has 82 valence electrons. The number of aromatic hydroxyl groups is 1. The zero-order valence-electron chi connectivity index (χ0n) is 6.90. The third-order valence-corrected chi connectivity index (χ3v) is 1.56. The van der Waals surface area contributed by atoms with Gasteiger partial charge in [0.15, 0.2) is 11.6 Å². The highest BCUT2D eigenvalue weighted by Gasteiger charge is 2.42. The molecule has 0 bridgehead atoms. The molecule has 1 aromatic carbocycles. The minimum absolute atomic E-state index is 0.415. The van der Waals surface area contributed by atoms with Crippen molar-refractivity contribution in [2.75, 3.05) is 0 Å². The zero-order chi connectivity index (χ0) is 11.8. The van der Waals surface area contributed by atoms with Gasteiger partial charge in [-0.05, 0) is 12.1 Å². The van der Waals surface area contributed by atoms with Gasteiger partial charge in [-0.3, -0.25) is 4.79 Å². The lowest BCUT2D eigenvalue weighted by atomic mass is 10.1. The van der Waals surface area contributed by atoms with Crippen LogP contribution in [0.3, 0.4) is 0 Å². The van der Waals surface area contributed by atoms with Crippen LogP contribution in [0.4, 0.5) is 22.0 Å². The maximum absolute atomic E-state index is 12.8. The van der Waals surface area contributed by atoms with Crippen LogP contribution in [0.1, 0.15) is 10.4 Å². The zero-order valence-corrected chi connectivity index (χ0v) is 6.90. The van der Waals surface area contributed by atoms with Crippen molar-refractivity contribution in [3.05, 3.63) is 29.3 Å². The molecule has 0 unspecified atom stereocenters. The predicted octanol–water partition coefficient (Wildman–Crippen LogP) is 2.42. The second-order valence-corrected chi connectivity index (χ2v) is 2.58. The first-order valence-electron chi connectivity index (χ1n) is 3.53. The van der Waals surface area contributed by atoms with Crippen molar-refractivity contribution in [3.63, 3.8) is 0 Å². The van der Waals surface area contributed by atoms with Crippen LogP contribution in [0.25, 0.3) is 0 Å². The molecule has 0 saturated heterocycles. The number of hydrogen-bond donors (Lipinski definition) is 1. The Hall–Kier alpha value is -1.66. The largest absolute Gasteiger partial charge is 0.507 e. The number of carbonyl (C=O) groups excluding carboxylic acids is 1. The fraction of sp³-hybridized carbons (Fsp3) is 0.125. The fourth-order valence-corrected chi connectivity index (χ4v) is 0.898. The Bertz CT molecular complexity index is 410. The van der Waals surface area contributed by atoms with Gasteiger partial charge < -0.3 is 5.11 Å². The smallest absolute Gasteiger partial charge is 0.455 e. The second kappa shape index (κ2) is 3.48. The van der Waals surface area contributed by atoms with Crippen molar-refractivity contribution in [2.45, 2.75) is 6.18 Å². The summed E-state index contributed by atoms with van der Waals surface area (Å²) >= 11 is 0. The first-order valence-corrected chi connectivity index (χ1v) is 3.53. The summed E-state index contributed by atoms with van der Waals surface area (Å²) in [6.07, 6.45) is -5.37. The lowest BCUT2D eigenvalue weighted by Crippen LogP contribution is -2.24. The van der Waals surface area contributed by atoms with Gasteiger partial charge in [0.2, 0.25) is 0 Å². The summed E-state index contributed by atoms with van der Waals surface area (Å²) in [6, 6.07) is 0.884. The number of halogens is 5. The number of Topliss-reactive ketones (excluding diaryl/α,β-unsaturated/α-hetero) is 1. The highest BCUT2D eigenvalue weighted by Crippen LogP contribution is 2.29. The number of phenolic OH excluding ortho intramolecular Hbond substituents is 1. The van der Waals surface area contributed by atoms with E-state index in [1.165, 1.54) is 0 Å². The van der Waals surface area contributed by atoms with Crippen molar-refractivity contribution in [1.29, 1.82) is 0 Å². The molecule has 0 fully saturated rings. The number of carbonyl (C=O) groups is 1. The Morgan fingerprint density at radius 2 is 1.73 bits per heavy atom. The molecule has 0 aliphatic heterocycles. The van der Waals surface area contributed by atoms with Gasteiger partial charge in [0, 0.05) is 0 Å². The number of rotatable bonds is 1. The van der Waals surface area contributed by atoms with E-state index in [0.29, 0.717) is 12.1 Å². The Labute approximate surface area is 79.9 Å². The minimum atomic E-state index is -5.37. The van der Waals surface area contributed by atoms with Crippen LogP contribution in [0, 0.1) is 11.6 Å². The molecular weight excluding hydrogens is 223 g/mol. The summed E-state index contributed by atoms with van der Waals surface area (Å²) < 4.78 is 60.9. The van der Waals surface area contributed by atoms with E-state index >= 15 is 0 Å². The Morgan fingerprint density at radius 3 is 2.20 bits per heavy atom. The molecule has 0 spiro atoms. The van der Waals surface area contributed by atoms with Crippen molar-refractivity contribution < 1.29 is 31.9 Å². The van der Waals surface area contributed by atoms with Gasteiger partial charge in [-0.15, -0.1) is 0 Å². The molecular formula is C8H3F5O2. The molecule has 0 atom stereocenters. The Morgan fingerprint density at radius 1 is 1.20 bits per heavy atom. The van der Waals surface area contributed by atoms with Crippen molar-refractivity contribution in [1.82, 2.24) is 0 Å². The van der Waals surface area contributed by atoms with E-state index < -0.39 is 34.9 Å². The molecule has 1 N–H and O–H groups in total. The topological polar surface area (TPSA) is 37.3 Å². The van der Waals surface area contributed by atoms with Crippen LogP contribution in [-0.2, 0) is 0 Å². The lowest BCUT2D eigenvalue weighted by Gasteiger charge is -2.08. The lowest BCUT2D eigenvalue weighted by molar-refractivity contribution is -0.0889. The fourth-order valence-electron chi connectivity index (χ4n) is 0.898. The molecule has 2 nitrogen and oxygen atoms in total. The van der Waals surface area contributed by atoms with Crippen molar-refractivity contribution >= 4 is 5.78 Å². The first kappa shape index (κ1) is 11.4. The molecule has 0 radical (unpaired) electrons. The molecule has 0 saturated carbocycles. The normalized spacial score (nSPS) is 11.5. The van der Waals surface area contributed by atoms with Crippen molar-refractivity contribution in [3.8, 4) is 5.75 Å². The van der Waals surface area contributed by atoms with Crippen LogP contribution >= 0.6 is 0 Å². The van der Waals surface area contributed by atoms with Crippen LogP contribution in [0.15, 0.2) is 12.1 Å². The average molecular weight is 226 g/mol. The van der Waals surface area contributed by atoms with E-state index in [2.05, 4.69) is 0 Å². The van der Waals surface area contributed by atoms with E-state index in [1.54, 1.807) is 0 Å². The van der Waals surface area contributed by atoms with E-state index in [0.717, 1.165) is 0 Å². The Balaban J connectivity index is 3.38. The number of alkyl halides is 3. The number of ketones is 1. The number of phenols is 1. The van der Waals surface area contributed by atoms with Gasteiger partial charge >= 0.3 is 6.18 Å². The van der Waals surface area contributed by atoms with E-state index in [1.807, 2.05) is 0 Å². The maximum Gasteiger partial charge on any atom is 0.455 e. The molecule has 7 heteroatoms. The summed E-state index contributed by atoms with van der Waals surface area (Å²) in [5.41, 5.74) is -1.71. The molecule has 0 aliphatic carbocycles. The summed E-state index contributed by atoms with van der Waals surface area (Å²) in [4.78, 5) is 10.6. The molecule has 1 aromatic rings. The van der Waals surface area contributed by atoms with Gasteiger partial charge in [0.1, 0.15) is 11.3 Å². The minimum Gasteiger partial charge on any atom is -0.507 e. The average Bonchev–Trinajstić information content (AvgIpc) is 2.10. The standard InChI is InChI=1S/C8H3F5O2/c9-3-1-2-4(14)5(6(3)10)7(15)8(11,12)13/h1-2,14H. The molecule has 0 heterocycles. The van der Waals surface area contributed by atoms with E-state index in [4.69, 9.17) is 5.11 Å². The van der Waals surface area contributed by atoms with Gasteiger partial charge in [-0.1, -0.05) is 0 Å². The maximum atomic E-state index is 12.8. The number of benzene rings is 1. The molecule has 0 aromatic heterocycles. The van der Waals surface area contributed by atoms with Crippen LogP contribution in [0.5, 0.6) is 5.75 Å². The second-order valence-electron chi connectivity index (χ2n) is 2.58. The molecule has 1 rings (SSSR count). The highest BCUT2D eigenvalue weighted by atomic mass is 19.4. The summed E-state index contributed by atoms with van der Waals surface area (Å²) in [5, 5.41) is 8.82.